The van der Waals surface area contributed by atoms with Gasteiger partial charge in [0.2, 0.25) is 0 Å². The fourth-order valence-electron chi connectivity index (χ4n) is 1.47. The highest BCUT2D eigenvalue weighted by molar-refractivity contribution is 9.10. The minimum atomic E-state index is 1.04. The molecular formula is C12H19BrN2S. The second-order valence-electron chi connectivity index (χ2n) is 3.69. The van der Waals surface area contributed by atoms with E-state index in [1.807, 2.05) is 30.2 Å². The third-order valence-corrected chi connectivity index (χ3v) is 3.69. The minimum Gasteiger partial charge on any atom is -0.384 e. The number of pyridine rings is 1. The van der Waals surface area contributed by atoms with Crippen LogP contribution in [0.1, 0.15) is 25.7 Å². The summed E-state index contributed by atoms with van der Waals surface area (Å²) in [6.07, 6.45) is 11.1. The quantitative estimate of drug-likeness (QED) is 0.729. The van der Waals surface area contributed by atoms with Gasteiger partial charge in [-0.2, -0.15) is 11.8 Å². The Morgan fingerprint density at radius 1 is 1.31 bits per heavy atom. The fraction of sp³-hybridized carbons (Fsp3) is 0.583. The minimum absolute atomic E-state index is 1.04. The molecule has 0 aliphatic heterocycles. The number of aromatic nitrogens is 1. The maximum Gasteiger partial charge on any atom is 0.0590 e. The van der Waals surface area contributed by atoms with E-state index < -0.39 is 0 Å². The first-order chi connectivity index (χ1) is 7.84. The van der Waals surface area contributed by atoms with Gasteiger partial charge in [0.15, 0.2) is 0 Å². The van der Waals surface area contributed by atoms with Crippen LogP contribution in [0, 0.1) is 0 Å². The van der Waals surface area contributed by atoms with Gasteiger partial charge in [-0.05, 0) is 46.8 Å². The van der Waals surface area contributed by atoms with E-state index >= 15 is 0 Å². The molecule has 90 valence electrons. The van der Waals surface area contributed by atoms with E-state index in [1.165, 1.54) is 31.4 Å². The van der Waals surface area contributed by atoms with E-state index in [0.29, 0.717) is 0 Å². The Morgan fingerprint density at radius 2 is 2.12 bits per heavy atom. The van der Waals surface area contributed by atoms with E-state index in [4.69, 9.17) is 0 Å². The maximum atomic E-state index is 4.03. The molecule has 0 aliphatic carbocycles. The zero-order valence-electron chi connectivity index (χ0n) is 9.71. The average Bonchev–Trinajstić information content (AvgIpc) is 2.30. The van der Waals surface area contributed by atoms with E-state index in [1.54, 1.807) is 0 Å². The average molecular weight is 303 g/mol. The molecule has 0 aliphatic rings. The molecule has 1 aromatic heterocycles. The molecule has 1 N–H and O–H groups in total. The van der Waals surface area contributed by atoms with Crippen molar-refractivity contribution < 1.29 is 0 Å². The molecule has 0 saturated heterocycles. The molecule has 0 amide bonds. The molecule has 1 aromatic rings. The number of rotatable bonds is 8. The molecule has 4 heteroatoms. The van der Waals surface area contributed by atoms with Gasteiger partial charge in [0.25, 0.3) is 0 Å². The van der Waals surface area contributed by atoms with Crippen molar-refractivity contribution in [2.75, 3.05) is 23.9 Å². The lowest BCUT2D eigenvalue weighted by molar-refractivity contribution is 0.689. The SMILES string of the molecule is CSCCCCCCNc1ccncc1Br. The van der Waals surface area contributed by atoms with Crippen LogP contribution >= 0.6 is 27.7 Å². The molecule has 1 rings (SSSR count). The van der Waals surface area contributed by atoms with Crippen molar-refractivity contribution in [3.8, 4) is 0 Å². The summed E-state index contributed by atoms with van der Waals surface area (Å²) in [5.74, 6) is 1.29. The van der Waals surface area contributed by atoms with Crippen LogP contribution in [0.4, 0.5) is 5.69 Å². The van der Waals surface area contributed by atoms with Gasteiger partial charge in [-0.15, -0.1) is 0 Å². The zero-order chi connectivity index (χ0) is 11.6. The number of unbranched alkanes of at least 4 members (excludes halogenated alkanes) is 3. The van der Waals surface area contributed by atoms with Crippen molar-refractivity contribution in [1.82, 2.24) is 4.98 Å². The molecule has 0 atom stereocenters. The fourth-order valence-corrected chi connectivity index (χ4v) is 2.35. The third kappa shape index (κ3) is 5.75. The van der Waals surface area contributed by atoms with Crippen LogP contribution in [-0.2, 0) is 0 Å². The normalized spacial score (nSPS) is 10.4. The van der Waals surface area contributed by atoms with E-state index in [-0.39, 0.29) is 0 Å². The Labute approximate surface area is 111 Å². The summed E-state index contributed by atoms with van der Waals surface area (Å²) in [5, 5.41) is 3.41. The standard InChI is InChI=1S/C12H19BrN2S/c1-16-9-5-3-2-4-7-15-12-6-8-14-10-11(12)13/h6,8,10H,2-5,7,9H2,1H3,(H,14,15). The first-order valence-corrected chi connectivity index (χ1v) is 7.85. The Kier molecular flexibility index (Phi) is 7.68. The van der Waals surface area contributed by atoms with Crippen molar-refractivity contribution in [3.63, 3.8) is 0 Å². The van der Waals surface area contributed by atoms with E-state index in [2.05, 4.69) is 32.5 Å². The highest BCUT2D eigenvalue weighted by Gasteiger charge is 1.97. The van der Waals surface area contributed by atoms with Crippen LogP contribution in [0.15, 0.2) is 22.9 Å². The van der Waals surface area contributed by atoms with Gasteiger partial charge in [0.05, 0.1) is 10.2 Å². The second kappa shape index (κ2) is 8.88. The van der Waals surface area contributed by atoms with Gasteiger partial charge >= 0.3 is 0 Å². The molecule has 16 heavy (non-hydrogen) atoms. The predicted molar refractivity (Wildman–Crippen MR) is 77.3 cm³/mol. The monoisotopic (exact) mass is 302 g/mol. The zero-order valence-corrected chi connectivity index (χ0v) is 12.1. The molecule has 0 unspecified atom stereocenters. The summed E-state index contributed by atoms with van der Waals surface area (Å²) >= 11 is 5.41. The van der Waals surface area contributed by atoms with Gasteiger partial charge in [-0.25, -0.2) is 0 Å². The largest absolute Gasteiger partial charge is 0.384 e. The molecule has 0 fully saturated rings. The van der Waals surface area contributed by atoms with Gasteiger partial charge in [0.1, 0.15) is 0 Å². The van der Waals surface area contributed by atoms with Crippen molar-refractivity contribution >= 4 is 33.4 Å². The summed E-state index contributed by atoms with van der Waals surface area (Å²) in [6.45, 7) is 1.04. The number of nitrogens with zero attached hydrogens (tertiary/aromatic N) is 1. The lowest BCUT2D eigenvalue weighted by Crippen LogP contribution is -2.02. The third-order valence-electron chi connectivity index (χ3n) is 2.36. The topological polar surface area (TPSA) is 24.9 Å². The van der Waals surface area contributed by atoms with Crippen LogP contribution in [0.3, 0.4) is 0 Å². The molecule has 0 saturated carbocycles. The van der Waals surface area contributed by atoms with E-state index in [0.717, 1.165) is 16.7 Å². The number of halogens is 1. The molecule has 1 heterocycles. The summed E-state index contributed by atoms with van der Waals surface area (Å²) in [4.78, 5) is 4.03. The van der Waals surface area contributed by atoms with Gasteiger partial charge in [-0.3, -0.25) is 4.98 Å². The molecular weight excluding hydrogens is 284 g/mol. The Balaban J connectivity index is 2.05. The van der Waals surface area contributed by atoms with Crippen LogP contribution < -0.4 is 5.32 Å². The number of nitrogens with one attached hydrogen (secondary N) is 1. The summed E-state index contributed by atoms with van der Waals surface area (Å²) in [5.41, 5.74) is 1.14. The van der Waals surface area contributed by atoms with Crippen LogP contribution in [0.25, 0.3) is 0 Å². The molecule has 0 spiro atoms. The number of thioether (sulfide) groups is 1. The van der Waals surface area contributed by atoms with E-state index in [9.17, 15) is 0 Å². The first kappa shape index (κ1) is 13.8. The maximum absolute atomic E-state index is 4.03. The number of hydrogen-bond acceptors (Lipinski definition) is 3. The molecule has 0 radical (unpaired) electrons. The van der Waals surface area contributed by atoms with Crippen LogP contribution in [-0.4, -0.2) is 23.5 Å². The van der Waals surface area contributed by atoms with Gasteiger partial charge in [0, 0.05) is 18.9 Å². The number of anilines is 1. The van der Waals surface area contributed by atoms with Crippen LogP contribution in [0.2, 0.25) is 0 Å². The smallest absolute Gasteiger partial charge is 0.0590 e. The predicted octanol–water partition coefficient (Wildman–Crippen LogP) is 4.18. The van der Waals surface area contributed by atoms with Crippen LogP contribution in [0.5, 0.6) is 0 Å². The summed E-state index contributed by atoms with van der Waals surface area (Å²) in [7, 11) is 0. The lowest BCUT2D eigenvalue weighted by Gasteiger charge is -2.07. The Morgan fingerprint density at radius 3 is 2.88 bits per heavy atom. The first-order valence-electron chi connectivity index (χ1n) is 5.67. The second-order valence-corrected chi connectivity index (χ2v) is 5.53. The van der Waals surface area contributed by atoms with Gasteiger partial charge in [-0.1, -0.05) is 12.8 Å². The van der Waals surface area contributed by atoms with Crippen molar-refractivity contribution in [3.05, 3.63) is 22.9 Å². The molecule has 2 nitrogen and oxygen atoms in total. The molecule has 0 aromatic carbocycles. The van der Waals surface area contributed by atoms with Crippen molar-refractivity contribution in [1.29, 1.82) is 0 Å². The Bertz CT molecular complexity index is 294. The van der Waals surface area contributed by atoms with Crippen molar-refractivity contribution in [2.45, 2.75) is 25.7 Å². The highest BCUT2D eigenvalue weighted by Crippen LogP contribution is 2.19. The molecule has 0 bridgehead atoms. The summed E-state index contributed by atoms with van der Waals surface area (Å²) < 4.78 is 1.04. The number of hydrogen-bond donors (Lipinski definition) is 1. The Hall–Kier alpha value is -0.220. The summed E-state index contributed by atoms with van der Waals surface area (Å²) in [6, 6.07) is 2.00. The highest BCUT2D eigenvalue weighted by atomic mass is 79.9. The van der Waals surface area contributed by atoms with Crippen molar-refractivity contribution in [2.24, 2.45) is 0 Å². The lowest BCUT2D eigenvalue weighted by atomic mass is 10.2. The van der Waals surface area contributed by atoms with Gasteiger partial charge < -0.3 is 5.32 Å².